The maximum absolute atomic E-state index is 12.6. The van der Waals surface area contributed by atoms with E-state index in [0.717, 1.165) is 32.4 Å². The summed E-state index contributed by atoms with van der Waals surface area (Å²) in [4.78, 5) is 18.9. The molecule has 0 saturated carbocycles. The van der Waals surface area contributed by atoms with Crippen molar-refractivity contribution in [2.24, 2.45) is 11.8 Å². The number of hydrogen-bond acceptors (Lipinski definition) is 5. The molecule has 2 aliphatic rings. The molecule has 21 heavy (non-hydrogen) atoms. The number of nitrogens with zero attached hydrogens (tertiary/aromatic N) is 3. The van der Waals surface area contributed by atoms with E-state index in [9.17, 15) is 4.79 Å². The number of amides is 1. The van der Waals surface area contributed by atoms with Gasteiger partial charge in [-0.05, 0) is 44.6 Å². The van der Waals surface area contributed by atoms with E-state index < -0.39 is 0 Å². The Morgan fingerprint density at radius 1 is 1.38 bits per heavy atom. The Morgan fingerprint density at radius 2 is 2.19 bits per heavy atom. The lowest BCUT2D eigenvalue weighted by Crippen LogP contribution is -2.49. The number of rotatable bonds is 2. The van der Waals surface area contributed by atoms with Crippen molar-refractivity contribution in [3.8, 4) is 0 Å². The van der Waals surface area contributed by atoms with Crippen LogP contribution >= 0.6 is 0 Å². The molecule has 4 unspecified atom stereocenters. The van der Waals surface area contributed by atoms with Gasteiger partial charge in [-0.3, -0.25) is 4.79 Å². The van der Waals surface area contributed by atoms with Gasteiger partial charge in [0.15, 0.2) is 0 Å². The molecule has 0 spiro atoms. The van der Waals surface area contributed by atoms with Crippen molar-refractivity contribution in [2.45, 2.75) is 52.1 Å². The van der Waals surface area contributed by atoms with Gasteiger partial charge in [-0.15, -0.1) is 0 Å². The van der Waals surface area contributed by atoms with Crippen LogP contribution in [0, 0.1) is 11.8 Å². The van der Waals surface area contributed by atoms with Crippen molar-refractivity contribution < 1.29 is 9.32 Å². The number of likely N-dealkylation sites (tertiary alicyclic amines) is 1. The van der Waals surface area contributed by atoms with Crippen LogP contribution in [-0.4, -0.2) is 40.1 Å². The lowest BCUT2D eigenvalue weighted by atomic mass is 9.86. The predicted octanol–water partition coefficient (Wildman–Crippen LogP) is 2.00. The molecule has 1 N–H and O–H groups in total. The number of aromatic nitrogens is 2. The minimum absolute atomic E-state index is 0.103. The fourth-order valence-corrected chi connectivity index (χ4v) is 3.47. The van der Waals surface area contributed by atoms with Gasteiger partial charge in [0.1, 0.15) is 0 Å². The molecule has 116 valence electrons. The van der Waals surface area contributed by atoms with Crippen molar-refractivity contribution in [3.05, 3.63) is 11.7 Å². The van der Waals surface area contributed by atoms with E-state index in [1.807, 2.05) is 4.90 Å². The van der Waals surface area contributed by atoms with Gasteiger partial charge in [0.25, 0.3) is 11.7 Å². The first-order chi connectivity index (χ1) is 10.1. The lowest BCUT2D eigenvalue weighted by Gasteiger charge is -2.40. The zero-order chi connectivity index (χ0) is 15.0. The zero-order valence-corrected chi connectivity index (χ0v) is 13.0. The van der Waals surface area contributed by atoms with Gasteiger partial charge >= 0.3 is 0 Å². The molecule has 6 heteroatoms. The highest BCUT2D eigenvalue weighted by Crippen LogP contribution is 2.28. The van der Waals surface area contributed by atoms with E-state index in [0.29, 0.717) is 17.7 Å². The maximum atomic E-state index is 12.6. The van der Waals surface area contributed by atoms with E-state index in [-0.39, 0.29) is 23.8 Å². The number of hydrogen-bond donors (Lipinski definition) is 1. The van der Waals surface area contributed by atoms with Gasteiger partial charge < -0.3 is 14.7 Å². The van der Waals surface area contributed by atoms with Crippen LogP contribution in [0.25, 0.3) is 0 Å². The van der Waals surface area contributed by atoms with Crippen LogP contribution in [-0.2, 0) is 0 Å². The summed E-state index contributed by atoms with van der Waals surface area (Å²) in [5.41, 5.74) is 0. The molecule has 1 aromatic heterocycles. The maximum Gasteiger partial charge on any atom is 0.295 e. The standard InChI is InChI=1S/C15H24N4O2/c1-9-7-10(2)11(3)19(8-9)15(20)13-17-14(21-18-13)12-5-4-6-16-12/h9-12,16H,4-8H2,1-3H3. The number of carbonyl (C=O) groups is 1. The molecule has 0 aromatic carbocycles. The number of carbonyl (C=O) groups excluding carboxylic acids is 1. The molecule has 2 saturated heterocycles. The number of nitrogens with one attached hydrogen (secondary N) is 1. The van der Waals surface area contributed by atoms with E-state index in [1.165, 1.54) is 0 Å². The van der Waals surface area contributed by atoms with Gasteiger partial charge in [-0.1, -0.05) is 19.0 Å². The fraction of sp³-hybridized carbons (Fsp3) is 0.800. The summed E-state index contributed by atoms with van der Waals surface area (Å²) in [6.45, 7) is 8.23. The first-order valence-electron chi connectivity index (χ1n) is 7.94. The summed E-state index contributed by atoms with van der Waals surface area (Å²) in [5.74, 6) is 1.66. The van der Waals surface area contributed by atoms with Gasteiger partial charge in [-0.2, -0.15) is 4.98 Å². The molecule has 6 nitrogen and oxygen atoms in total. The minimum Gasteiger partial charge on any atom is -0.337 e. The van der Waals surface area contributed by atoms with Crippen LogP contribution < -0.4 is 5.32 Å². The third-order valence-corrected chi connectivity index (χ3v) is 4.85. The molecular formula is C15H24N4O2. The second kappa shape index (κ2) is 5.75. The monoisotopic (exact) mass is 292 g/mol. The van der Waals surface area contributed by atoms with Gasteiger partial charge in [0.05, 0.1) is 6.04 Å². The molecule has 0 radical (unpaired) electrons. The molecular weight excluding hydrogens is 268 g/mol. The zero-order valence-electron chi connectivity index (χ0n) is 13.0. The molecule has 1 aromatic rings. The van der Waals surface area contributed by atoms with E-state index >= 15 is 0 Å². The lowest BCUT2D eigenvalue weighted by molar-refractivity contribution is 0.0441. The quantitative estimate of drug-likeness (QED) is 0.902. The van der Waals surface area contributed by atoms with Crippen molar-refractivity contribution >= 4 is 5.91 Å². The van der Waals surface area contributed by atoms with Gasteiger partial charge in [0, 0.05) is 12.6 Å². The fourth-order valence-electron chi connectivity index (χ4n) is 3.47. The summed E-state index contributed by atoms with van der Waals surface area (Å²) in [6, 6.07) is 0.330. The van der Waals surface area contributed by atoms with Crippen LogP contribution in [0.4, 0.5) is 0 Å². The average molecular weight is 292 g/mol. The minimum atomic E-state index is -0.103. The van der Waals surface area contributed by atoms with Crippen LogP contribution in [0.2, 0.25) is 0 Å². The summed E-state index contributed by atoms with van der Waals surface area (Å²) >= 11 is 0. The summed E-state index contributed by atoms with van der Waals surface area (Å²) in [7, 11) is 0. The molecule has 2 fully saturated rings. The van der Waals surface area contributed by atoms with Crippen molar-refractivity contribution in [3.63, 3.8) is 0 Å². The smallest absolute Gasteiger partial charge is 0.295 e. The highest BCUT2D eigenvalue weighted by Gasteiger charge is 2.35. The Hall–Kier alpha value is -1.43. The van der Waals surface area contributed by atoms with Crippen LogP contribution in [0.5, 0.6) is 0 Å². The number of piperidine rings is 1. The Morgan fingerprint density at radius 3 is 2.90 bits per heavy atom. The van der Waals surface area contributed by atoms with Crippen LogP contribution in [0.3, 0.4) is 0 Å². The Balaban J connectivity index is 1.75. The summed E-state index contributed by atoms with van der Waals surface area (Å²) < 4.78 is 5.28. The van der Waals surface area contributed by atoms with Crippen LogP contribution in [0.1, 0.15) is 62.6 Å². The third-order valence-electron chi connectivity index (χ3n) is 4.85. The van der Waals surface area contributed by atoms with Crippen molar-refractivity contribution in [1.82, 2.24) is 20.4 Å². The van der Waals surface area contributed by atoms with E-state index in [1.54, 1.807) is 0 Å². The summed E-state index contributed by atoms with van der Waals surface area (Å²) in [5, 5.41) is 7.21. The summed E-state index contributed by atoms with van der Waals surface area (Å²) in [6.07, 6.45) is 3.26. The molecule has 2 aliphatic heterocycles. The SMILES string of the molecule is CC1CC(C)C(C)N(C(=O)c2noc(C3CCCN3)n2)C1. The molecule has 3 rings (SSSR count). The molecule has 0 aliphatic carbocycles. The predicted molar refractivity (Wildman–Crippen MR) is 77.7 cm³/mol. The van der Waals surface area contributed by atoms with Crippen molar-refractivity contribution in [1.29, 1.82) is 0 Å². The van der Waals surface area contributed by atoms with Crippen molar-refractivity contribution in [2.75, 3.05) is 13.1 Å². The van der Waals surface area contributed by atoms with Gasteiger partial charge in [0.2, 0.25) is 5.89 Å². The first-order valence-corrected chi connectivity index (χ1v) is 7.94. The van der Waals surface area contributed by atoms with Crippen LogP contribution in [0.15, 0.2) is 4.52 Å². The molecule has 0 bridgehead atoms. The first kappa shape index (κ1) is 14.5. The highest BCUT2D eigenvalue weighted by atomic mass is 16.5. The third kappa shape index (κ3) is 2.81. The Bertz CT molecular complexity index is 510. The highest BCUT2D eigenvalue weighted by molar-refractivity contribution is 5.90. The molecule has 3 heterocycles. The van der Waals surface area contributed by atoms with E-state index in [2.05, 4.69) is 36.2 Å². The second-order valence-electron chi connectivity index (χ2n) is 6.62. The van der Waals surface area contributed by atoms with Gasteiger partial charge in [-0.25, -0.2) is 0 Å². The topological polar surface area (TPSA) is 71.3 Å². The Labute approximate surface area is 125 Å². The largest absolute Gasteiger partial charge is 0.337 e. The van der Waals surface area contributed by atoms with E-state index in [4.69, 9.17) is 4.52 Å². The molecule has 1 amide bonds. The normalized spacial score (nSPS) is 33.4. The second-order valence-corrected chi connectivity index (χ2v) is 6.62. The Kier molecular flexibility index (Phi) is 3.97. The molecule has 4 atom stereocenters. The average Bonchev–Trinajstić information content (AvgIpc) is 3.11.